The average Bonchev–Trinajstić information content (AvgIpc) is 3.05. The summed E-state index contributed by atoms with van der Waals surface area (Å²) < 4.78 is 5.83. The lowest BCUT2D eigenvalue weighted by atomic mass is 10.2. The smallest absolute Gasteiger partial charge is 0.191 e. The van der Waals surface area contributed by atoms with Gasteiger partial charge < -0.3 is 15.4 Å². The van der Waals surface area contributed by atoms with Crippen LogP contribution in [0.2, 0.25) is 0 Å². The van der Waals surface area contributed by atoms with Crippen molar-refractivity contribution in [3.05, 3.63) is 81.3 Å². The molecule has 0 saturated heterocycles. The largest absolute Gasteiger partial charge is 0.489 e. The van der Waals surface area contributed by atoms with Crippen LogP contribution in [0.4, 0.5) is 0 Å². The molecular weight excluding hydrogens is 368 g/mol. The van der Waals surface area contributed by atoms with E-state index in [1.54, 1.807) is 18.4 Å². The van der Waals surface area contributed by atoms with Crippen LogP contribution in [-0.4, -0.2) is 18.0 Å². The number of ether oxygens (including phenoxy) is 1. The Bertz CT molecular complexity index is 885. The summed E-state index contributed by atoms with van der Waals surface area (Å²) in [6, 6.07) is 18.3. The standard InChI is InChI=1S/C22H26N4OS/c1-16-17(2)28-21(26-16)14-25-22(23-3)24-13-18-9-11-20(12-10-18)27-15-19-7-5-4-6-8-19/h4-12H,13-15H2,1-3H3,(H2,23,24,25). The monoisotopic (exact) mass is 394 g/mol. The van der Waals surface area contributed by atoms with Gasteiger partial charge in [0.05, 0.1) is 12.2 Å². The minimum Gasteiger partial charge on any atom is -0.489 e. The second kappa shape index (κ2) is 9.90. The molecule has 3 aromatic rings. The minimum atomic E-state index is 0.574. The fraction of sp³-hybridized carbons (Fsp3) is 0.273. The van der Waals surface area contributed by atoms with Gasteiger partial charge in [0.25, 0.3) is 0 Å². The molecular formula is C22H26N4OS. The zero-order valence-corrected chi connectivity index (χ0v) is 17.3. The highest BCUT2D eigenvalue weighted by Crippen LogP contribution is 2.16. The van der Waals surface area contributed by atoms with Gasteiger partial charge in [0, 0.05) is 18.5 Å². The lowest BCUT2D eigenvalue weighted by Crippen LogP contribution is -2.36. The van der Waals surface area contributed by atoms with E-state index in [2.05, 4.69) is 51.8 Å². The lowest BCUT2D eigenvalue weighted by Gasteiger charge is -2.11. The van der Waals surface area contributed by atoms with Crippen molar-refractivity contribution in [3.63, 3.8) is 0 Å². The number of hydrogen-bond acceptors (Lipinski definition) is 4. The Morgan fingerprint density at radius 3 is 2.32 bits per heavy atom. The van der Waals surface area contributed by atoms with Gasteiger partial charge in [-0.15, -0.1) is 11.3 Å². The van der Waals surface area contributed by atoms with Gasteiger partial charge in [0.2, 0.25) is 0 Å². The van der Waals surface area contributed by atoms with Crippen LogP contribution in [0.25, 0.3) is 0 Å². The molecule has 6 heteroatoms. The molecule has 1 heterocycles. The molecule has 28 heavy (non-hydrogen) atoms. The SMILES string of the molecule is CN=C(NCc1ccc(OCc2ccccc2)cc1)NCc1nc(C)c(C)s1. The zero-order chi connectivity index (χ0) is 19.8. The Morgan fingerprint density at radius 1 is 0.964 bits per heavy atom. The number of guanidine groups is 1. The van der Waals surface area contributed by atoms with Crippen LogP contribution in [-0.2, 0) is 19.7 Å². The van der Waals surface area contributed by atoms with Crippen molar-refractivity contribution in [2.45, 2.75) is 33.5 Å². The number of nitrogens with zero attached hydrogens (tertiary/aromatic N) is 2. The van der Waals surface area contributed by atoms with Gasteiger partial charge in [-0.25, -0.2) is 4.98 Å². The summed E-state index contributed by atoms with van der Waals surface area (Å²) in [5.74, 6) is 1.62. The molecule has 0 saturated carbocycles. The Hall–Kier alpha value is -2.86. The van der Waals surface area contributed by atoms with Crippen molar-refractivity contribution < 1.29 is 4.74 Å². The highest BCUT2D eigenvalue weighted by Gasteiger charge is 2.05. The van der Waals surface area contributed by atoms with Crippen molar-refractivity contribution in [3.8, 4) is 5.75 Å². The van der Waals surface area contributed by atoms with Crippen LogP contribution in [0.5, 0.6) is 5.75 Å². The number of aliphatic imine (C=N–C) groups is 1. The van der Waals surface area contributed by atoms with E-state index in [1.165, 1.54) is 4.88 Å². The molecule has 0 radical (unpaired) electrons. The average molecular weight is 395 g/mol. The number of benzene rings is 2. The maximum absolute atomic E-state index is 5.83. The van der Waals surface area contributed by atoms with Crippen LogP contribution >= 0.6 is 11.3 Å². The van der Waals surface area contributed by atoms with Crippen LogP contribution in [0.1, 0.15) is 26.7 Å². The molecule has 0 aliphatic carbocycles. The lowest BCUT2D eigenvalue weighted by molar-refractivity contribution is 0.306. The molecule has 0 fully saturated rings. The summed E-state index contributed by atoms with van der Waals surface area (Å²) in [6.07, 6.45) is 0. The minimum absolute atomic E-state index is 0.574. The van der Waals surface area contributed by atoms with E-state index in [-0.39, 0.29) is 0 Å². The molecule has 0 aliphatic rings. The first-order chi connectivity index (χ1) is 13.6. The predicted molar refractivity (Wildman–Crippen MR) is 116 cm³/mol. The number of aryl methyl sites for hydroxylation is 2. The van der Waals surface area contributed by atoms with Gasteiger partial charge in [-0.1, -0.05) is 42.5 Å². The second-order valence-electron chi connectivity index (χ2n) is 6.45. The molecule has 3 rings (SSSR count). The second-order valence-corrected chi connectivity index (χ2v) is 7.73. The summed E-state index contributed by atoms with van der Waals surface area (Å²) in [5, 5.41) is 7.71. The maximum Gasteiger partial charge on any atom is 0.191 e. The van der Waals surface area contributed by atoms with Crippen LogP contribution in [0.3, 0.4) is 0 Å². The molecule has 2 N–H and O–H groups in total. The molecule has 0 unspecified atom stereocenters. The quantitative estimate of drug-likeness (QED) is 0.466. The number of hydrogen-bond donors (Lipinski definition) is 2. The zero-order valence-electron chi connectivity index (χ0n) is 16.5. The van der Waals surface area contributed by atoms with Crippen molar-refractivity contribution in [1.82, 2.24) is 15.6 Å². The summed E-state index contributed by atoms with van der Waals surface area (Å²) in [7, 11) is 1.77. The fourth-order valence-corrected chi connectivity index (χ4v) is 3.50. The van der Waals surface area contributed by atoms with Gasteiger partial charge >= 0.3 is 0 Å². The third kappa shape index (κ3) is 5.82. The van der Waals surface area contributed by atoms with E-state index in [9.17, 15) is 0 Å². The van der Waals surface area contributed by atoms with Crippen LogP contribution in [0.15, 0.2) is 59.6 Å². The summed E-state index contributed by atoms with van der Waals surface area (Å²) in [4.78, 5) is 10.1. The molecule has 0 aliphatic heterocycles. The molecule has 1 aromatic heterocycles. The van der Waals surface area contributed by atoms with Crippen molar-refractivity contribution in [1.29, 1.82) is 0 Å². The molecule has 0 spiro atoms. The third-order valence-corrected chi connectivity index (χ3v) is 5.41. The highest BCUT2D eigenvalue weighted by atomic mass is 32.1. The Labute approximate surface area is 170 Å². The van der Waals surface area contributed by atoms with Crippen molar-refractivity contribution in [2.24, 2.45) is 4.99 Å². The van der Waals surface area contributed by atoms with Gasteiger partial charge in [-0.05, 0) is 37.1 Å². The van der Waals surface area contributed by atoms with E-state index in [0.717, 1.165) is 33.5 Å². The van der Waals surface area contributed by atoms with Crippen LogP contribution in [0, 0.1) is 13.8 Å². The summed E-state index contributed by atoms with van der Waals surface area (Å²) in [5.41, 5.74) is 3.42. The highest BCUT2D eigenvalue weighted by molar-refractivity contribution is 7.11. The number of nitrogens with one attached hydrogen (secondary N) is 2. The van der Waals surface area contributed by atoms with E-state index >= 15 is 0 Å². The maximum atomic E-state index is 5.83. The fourth-order valence-electron chi connectivity index (χ4n) is 2.62. The normalized spacial score (nSPS) is 11.3. The van der Waals surface area contributed by atoms with Gasteiger partial charge in [-0.2, -0.15) is 0 Å². The van der Waals surface area contributed by atoms with Crippen LogP contribution < -0.4 is 15.4 Å². The predicted octanol–water partition coefficient (Wildman–Crippen LogP) is 4.20. The van der Waals surface area contributed by atoms with Gasteiger partial charge in [-0.3, -0.25) is 4.99 Å². The number of thiazole rings is 1. The molecule has 0 bridgehead atoms. The van der Waals surface area contributed by atoms with Gasteiger partial charge in [0.15, 0.2) is 5.96 Å². The van der Waals surface area contributed by atoms with E-state index < -0.39 is 0 Å². The summed E-state index contributed by atoms with van der Waals surface area (Å²) in [6.45, 7) is 6.07. The molecule has 2 aromatic carbocycles. The molecule has 0 amide bonds. The van der Waals surface area contributed by atoms with Gasteiger partial charge in [0.1, 0.15) is 17.4 Å². The number of rotatable bonds is 7. The summed E-state index contributed by atoms with van der Waals surface area (Å²) >= 11 is 1.72. The third-order valence-electron chi connectivity index (χ3n) is 4.34. The first-order valence-corrected chi connectivity index (χ1v) is 10.1. The molecule has 146 valence electrons. The van der Waals surface area contributed by atoms with Crippen molar-refractivity contribution >= 4 is 17.3 Å². The Balaban J connectivity index is 1.45. The van der Waals surface area contributed by atoms with Crippen molar-refractivity contribution in [2.75, 3.05) is 7.05 Å². The first kappa shape index (κ1) is 19.9. The first-order valence-electron chi connectivity index (χ1n) is 9.27. The molecule has 5 nitrogen and oxygen atoms in total. The van der Waals surface area contributed by atoms with E-state index in [1.807, 2.05) is 37.3 Å². The van der Waals surface area contributed by atoms with E-state index in [0.29, 0.717) is 19.7 Å². The Morgan fingerprint density at radius 2 is 1.68 bits per heavy atom. The topological polar surface area (TPSA) is 58.5 Å². The number of aromatic nitrogens is 1. The Kier molecular flexibility index (Phi) is 7.03. The van der Waals surface area contributed by atoms with E-state index in [4.69, 9.17) is 4.74 Å². The molecule has 0 atom stereocenters.